The Kier molecular flexibility index (Phi) is 6.42. The van der Waals surface area contributed by atoms with Gasteiger partial charge in [-0.2, -0.15) is 0 Å². The lowest BCUT2D eigenvalue weighted by atomic mass is 9.98. The molecular formula is C26H30N6O. The molecule has 4 rings (SSSR count). The van der Waals surface area contributed by atoms with Crippen LogP contribution in [0.25, 0.3) is 0 Å². The van der Waals surface area contributed by atoms with E-state index in [0.29, 0.717) is 23.4 Å². The van der Waals surface area contributed by atoms with Crippen LogP contribution in [0.3, 0.4) is 0 Å². The zero-order chi connectivity index (χ0) is 23.4. The molecule has 0 spiro atoms. The minimum absolute atomic E-state index is 0.238. The first-order valence-electron chi connectivity index (χ1n) is 11.2. The Hall–Kier alpha value is -3.71. The number of anilines is 2. The maximum atomic E-state index is 12.7. The highest BCUT2D eigenvalue weighted by Crippen LogP contribution is 2.39. The number of benzene rings is 2. The Labute approximate surface area is 194 Å². The van der Waals surface area contributed by atoms with Crippen LogP contribution in [-0.2, 0) is 6.54 Å². The molecule has 1 heterocycles. The average Bonchev–Trinajstić information content (AvgIpc) is 3.59. The molecule has 0 atom stereocenters. The Morgan fingerprint density at radius 1 is 1.12 bits per heavy atom. The third kappa shape index (κ3) is 5.04. The molecule has 0 unspecified atom stereocenters. The SMILES string of the molecule is CCCN(c1ccc(C(=N)c2cc(C(=O)NCc3ccccn3)ccc2N)cc1)C1(N)CC1. The molecule has 0 aliphatic heterocycles. The van der Waals surface area contributed by atoms with Gasteiger partial charge in [-0.3, -0.25) is 15.2 Å². The summed E-state index contributed by atoms with van der Waals surface area (Å²) in [5.41, 5.74) is 16.6. The van der Waals surface area contributed by atoms with Crippen molar-refractivity contribution in [3.8, 4) is 0 Å². The van der Waals surface area contributed by atoms with Crippen LogP contribution in [0.5, 0.6) is 0 Å². The number of nitrogen functional groups attached to an aromatic ring is 1. The van der Waals surface area contributed by atoms with Crippen molar-refractivity contribution in [1.82, 2.24) is 10.3 Å². The van der Waals surface area contributed by atoms with Gasteiger partial charge >= 0.3 is 0 Å². The van der Waals surface area contributed by atoms with Gasteiger partial charge in [-0.05, 0) is 61.7 Å². The van der Waals surface area contributed by atoms with Crippen LogP contribution in [-0.4, -0.2) is 28.8 Å². The number of nitrogens with two attached hydrogens (primary N) is 2. The highest BCUT2D eigenvalue weighted by Gasteiger charge is 2.44. The van der Waals surface area contributed by atoms with Gasteiger partial charge in [0.05, 0.1) is 23.6 Å². The third-order valence-corrected chi connectivity index (χ3v) is 5.96. The molecule has 1 aromatic heterocycles. The summed E-state index contributed by atoms with van der Waals surface area (Å²) in [4.78, 5) is 19.1. The second-order valence-corrected chi connectivity index (χ2v) is 8.48. The number of hydrogen-bond acceptors (Lipinski definition) is 6. The summed E-state index contributed by atoms with van der Waals surface area (Å²) in [7, 11) is 0. The van der Waals surface area contributed by atoms with Crippen LogP contribution in [0, 0.1) is 5.41 Å². The van der Waals surface area contributed by atoms with Crippen LogP contribution in [0.2, 0.25) is 0 Å². The fraction of sp³-hybridized carbons (Fsp3) is 0.269. The van der Waals surface area contributed by atoms with Gasteiger partial charge in [0.1, 0.15) is 0 Å². The van der Waals surface area contributed by atoms with Crippen LogP contribution in [0.15, 0.2) is 66.9 Å². The van der Waals surface area contributed by atoms with Crippen molar-refractivity contribution < 1.29 is 4.79 Å². The maximum Gasteiger partial charge on any atom is 0.251 e. The van der Waals surface area contributed by atoms with E-state index in [1.807, 2.05) is 42.5 Å². The lowest BCUT2D eigenvalue weighted by Gasteiger charge is -2.31. The summed E-state index contributed by atoms with van der Waals surface area (Å²) >= 11 is 0. The van der Waals surface area contributed by atoms with E-state index >= 15 is 0 Å². The summed E-state index contributed by atoms with van der Waals surface area (Å²) in [6.07, 6.45) is 4.70. The van der Waals surface area contributed by atoms with Crippen molar-refractivity contribution >= 4 is 23.0 Å². The minimum Gasteiger partial charge on any atom is -0.398 e. The summed E-state index contributed by atoms with van der Waals surface area (Å²) in [6, 6.07) is 18.4. The first-order chi connectivity index (χ1) is 15.9. The van der Waals surface area contributed by atoms with Gasteiger partial charge in [-0.1, -0.05) is 25.1 Å². The number of pyridine rings is 1. The number of hydrogen-bond donors (Lipinski definition) is 4. The molecule has 1 amide bonds. The molecule has 3 aromatic rings. The maximum absolute atomic E-state index is 12.7. The molecule has 7 heteroatoms. The Balaban J connectivity index is 1.50. The molecule has 6 N–H and O–H groups in total. The van der Waals surface area contributed by atoms with Crippen molar-refractivity contribution in [1.29, 1.82) is 5.41 Å². The molecule has 0 bridgehead atoms. The molecule has 0 radical (unpaired) electrons. The van der Waals surface area contributed by atoms with E-state index in [1.54, 1.807) is 24.4 Å². The molecule has 2 aromatic carbocycles. The van der Waals surface area contributed by atoms with Crippen molar-refractivity contribution in [3.05, 3.63) is 89.2 Å². The van der Waals surface area contributed by atoms with E-state index in [4.69, 9.17) is 16.9 Å². The summed E-state index contributed by atoms with van der Waals surface area (Å²) < 4.78 is 0. The number of amides is 1. The van der Waals surface area contributed by atoms with Crippen LogP contribution >= 0.6 is 0 Å². The third-order valence-electron chi connectivity index (χ3n) is 5.96. The molecule has 33 heavy (non-hydrogen) atoms. The van der Waals surface area contributed by atoms with E-state index in [-0.39, 0.29) is 17.3 Å². The highest BCUT2D eigenvalue weighted by molar-refractivity contribution is 6.15. The second kappa shape index (κ2) is 9.42. The van der Waals surface area contributed by atoms with Gasteiger partial charge in [0.25, 0.3) is 5.91 Å². The molecular weight excluding hydrogens is 412 g/mol. The molecule has 170 valence electrons. The van der Waals surface area contributed by atoms with E-state index in [9.17, 15) is 4.79 Å². The molecule has 1 aliphatic carbocycles. The second-order valence-electron chi connectivity index (χ2n) is 8.48. The fourth-order valence-electron chi connectivity index (χ4n) is 3.88. The number of nitrogens with zero attached hydrogens (tertiary/aromatic N) is 2. The predicted octanol–water partition coefficient (Wildman–Crippen LogP) is 3.68. The Bertz CT molecular complexity index is 1140. The van der Waals surface area contributed by atoms with E-state index in [0.717, 1.165) is 42.8 Å². The molecule has 1 aliphatic rings. The number of carbonyl (C=O) groups is 1. The Morgan fingerprint density at radius 3 is 2.48 bits per heavy atom. The molecule has 1 fully saturated rings. The van der Waals surface area contributed by atoms with Gasteiger partial charge in [-0.15, -0.1) is 0 Å². The smallest absolute Gasteiger partial charge is 0.251 e. The van der Waals surface area contributed by atoms with Crippen molar-refractivity contribution in [2.24, 2.45) is 5.73 Å². The van der Waals surface area contributed by atoms with Crippen molar-refractivity contribution in [2.75, 3.05) is 17.2 Å². The van der Waals surface area contributed by atoms with Crippen LogP contribution in [0.4, 0.5) is 11.4 Å². The van der Waals surface area contributed by atoms with E-state index in [2.05, 4.69) is 22.1 Å². The predicted molar refractivity (Wildman–Crippen MR) is 132 cm³/mol. The largest absolute Gasteiger partial charge is 0.398 e. The van der Waals surface area contributed by atoms with Gasteiger partial charge in [0, 0.05) is 40.8 Å². The van der Waals surface area contributed by atoms with Crippen molar-refractivity contribution in [3.63, 3.8) is 0 Å². The monoisotopic (exact) mass is 442 g/mol. The zero-order valence-electron chi connectivity index (χ0n) is 18.8. The van der Waals surface area contributed by atoms with E-state index in [1.165, 1.54) is 0 Å². The van der Waals surface area contributed by atoms with Gasteiger partial charge in [-0.25, -0.2) is 0 Å². The van der Waals surface area contributed by atoms with E-state index < -0.39 is 0 Å². The van der Waals surface area contributed by atoms with Gasteiger partial charge < -0.3 is 21.7 Å². The molecule has 7 nitrogen and oxygen atoms in total. The van der Waals surface area contributed by atoms with Crippen LogP contribution < -0.4 is 21.7 Å². The lowest BCUT2D eigenvalue weighted by molar-refractivity contribution is 0.0950. The first kappa shape index (κ1) is 22.5. The highest BCUT2D eigenvalue weighted by atomic mass is 16.1. The van der Waals surface area contributed by atoms with Crippen molar-refractivity contribution in [2.45, 2.75) is 38.4 Å². The van der Waals surface area contributed by atoms with Gasteiger partial charge in [0.2, 0.25) is 0 Å². The van der Waals surface area contributed by atoms with Gasteiger partial charge in [0.15, 0.2) is 0 Å². The Morgan fingerprint density at radius 2 is 1.85 bits per heavy atom. The summed E-state index contributed by atoms with van der Waals surface area (Å²) in [6.45, 7) is 3.37. The quantitative estimate of drug-likeness (QED) is 0.229. The zero-order valence-corrected chi connectivity index (χ0v) is 18.8. The topological polar surface area (TPSA) is 121 Å². The standard InChI is InChI=1S/C26H30N6O/c1-2-15-32(26(29)12-13-26)21-9-6-18(7-10-21)24(28)22-16-19(8-11-23(22)27)25(33)31-17-20-5-3-4-14-30-20/h3-11,14,16,28H,2,12-13,15,17,27,29H2,1H3,(H,31,33). The first-order valence-corrected chi connectivity index (χ1v) is 11.2. The van der Waals surface area contributed by atoms with Crippen LogP contribution in [0.1, 0.15) is 53.4 Å². The normalized spacial score (nSPS) is 13.9. The summed E-state index contributed by atoms with van der Waals surface area (Å²) in [5.74, 6) is -0.238. The number of rotatable bonds is 9. The number of nitrogens with one attached hydrogen (secondary N) is 2. The summed E-state index contributed by atoms with van der Waals surface area (Å²) in [5, 5.41) is 11.6. The minimum atomic E-state index is -0.244. The number of carbonyl (C=O) groups excluding carboxylic acids is 1. The fourth-order valence-corrected chi connectivity index (χ4v) is 3.88. The average molecular weight is 443 g/mol. The lowest BCUT2D eigenvalue weighted by Crippen LogP contribution is -2.45. The number of aromatic nitrogens is 1. The molecule has 1 saturated carbocycles. The molecule has 0 saturated heterocycles.